The molecule has 7 nitrogen and oxygen atoms in total. The molecule has 24 heavy (non-hydrogen) atoms. The highest BCUT2D eigenvalue weighted by Gasteiger charge is 1.94. The second-order valence-electron chi connectivity index (χ2n) is 5.67. The van der Waals surface area contributed by atoms with Crippen molar-refractivity contribution < 1.29 is 9.53 Å². The first-order chi connectivity index (χ1) is 11.6. The van der Waals surface area contributed by atoms with Gasteiger partial charge in [0.15, 0.2) is 0 Å². The van der Waals surface area contributed by atoms with E-state index in [4.69, 9.17) is 16.2 Å². The van der Waals surface area contributed by atoms with Crippen LogP contribution in [0.2, 0.25) is 0 Å². The van der Waals surface area contributed by atoms with Gasteiger partial charge in [0.25, 0.3) is 0 Å². The molecule has 7 heteroatoms. The van der Waals surface area contributed by atoms with Crippen molar-refractivity contribution in [1.82, 2.24) is 15.5 Å². The maximum atomic E-state index is 10.4. The standard InChI is InChI=1S/C10H26N4.C7H13NO2/c11-5-3-9-13-7-1-2-8-14-10-4-6-12;1-4-7(9)10-6-5-8(2)3/h13-14H,1-12H2;4H,1,5-6H2,2-3H3. The van der Waals surface area contributed by atoms with Gasteiger partial charge >= 0.3 is 5.97 Å². The van der Waals surface area contributed by atoms with Crippen LogP contribution in [0.1, 0.15) is 25.7 Å². The Morgan fingerprint density at radius 3 is 1.83 bits per heavy atom. The van der Waals surface area contributed by atoms with E-state index in [2.05, 4.69) is 17.2 Å². The SMILES string of the molecule is C=CC(=O)OCCN(C)C.NCCCNCCCCNCCCN. The number of unbranched alkanes of at least 4 members (excludes halogenated alkanes) is 1. The summed E-state index contributed by atoms with van der Waals surface area (Å²) in [7, 11) is 3.84. The van der Waals surface area contributed by atoms with Gasteiger partial charge in [0.2, 0.25) is 0 Å². The molecule has 0 heterocycles. The largest absolute Gasteiger partial charge is 0.461 e. The van der Waals surface area contributed by atoms with Gasteiger partial charge in [0.1, 0.15) is 6.61 Å². The Labute approximate surface area is 148 Å². The Morgan fingerprint density at radius 2 is 1.46 bits per heavy atom. The van der Waals surface area contributed by atoms with Gasteiger partial charge in [-0.05, 0) is 79.0 Å². The summed E-state index contributed by atoms with van der Waals surface area (Å²) >= 11 is 0. The number of ether oxygens (including phenoxy) is 1. The fourth-order valence-electron chi connectivity index (χ4n) is 1.59. The lowest BCUT2D eigenvalue weighted by Crippen LogP contribution is -2.22. The molecule has 6 N–H and O–H groups in total. The molecule has 0 saturated carbocycles. The van der Waals surface area contributed by atoms with Crippen molar-refractivity contribution in [2.24, 2.45) is 11.5 Å². The number of nitrogens with zero attached hydrogens (tertiary/aromatic N) is 1. The fraction of sp³-hybridized carbons (Fsp3) is 0.824. The Balaban J connectivity index is 0. The lowest BCUT2D eigenvalue weighted by molar-refractivity contribution is -0.137. The summed E-state index contributed by atoms with van der Waals surface area (Å²) in [4.78, 5) is 12.4. The third-order valence-corrected chi connectivity index (χ3v) is 3.02. The van der Waals surface area contributed by atoms with Crippen LogP contribution in [0, 0.1) is 0 Å². The number of esters is 1. The molecule has 0 fully saturated rings. The summed E-state index contributed by atoms with van der Waals surface area (Å²) in [5.74, 6) is -0.359. The molecule has 0 unspecified atom stereocenters. The van der Waals surface area contributed by atoms with Gasteiger partial charge in [0.05, 0.1) is 0 Å². The number of likely N-dealkylation sites (N-methyl/N-ethyl adjacent to an activating group) is 1. The summed E-state index contributed by atoms with van der Waals surface area (Å²) in [5, 5.41) is 6.72. The van der Waals surface area contributed by atoms with E-state index in [-0.39, 0.29) is 5.97 Å². The van der Waals surface area contributed by atoms with Crippen LogP contribution in [0.15, 0.2) is 12.7 Å². The van der Waals surface area contributed by atoms with Crippen LogP contribution in [0.25, 0.3) is 0 Å². The molecular weight excluding hydrogens is 306 g/mol. The highest BCUT2D eigenvalue weighted by molar-refractivity contribution is 5.81. The zero-order valence-corrected chi connectivity index (χ0v) is 15.7. The van der Waals surface area contributed by atoms with E-state index in [0.717, 1.165) is 64.7 Å². The third-order valence-electron chi connectivity index (χ3n) is 3.02. The minimum absolute atomic E-state index is 0.359. The first kappa shape index (κ1) is 25.3. The smallest absolute Gasteiger partial charge is 0.330 e. The zero-order chi connectivity index (χ0) is 18.5. The zero-order valence-electron chi connectivity index (χ0n) is 15.7. The van der Waals surface area contributed by atoms with E-state index >= 15 is 0 Å². The molecule has 0 atom stereocenters. The van der Waals surface area contributed by atoms with Crippen LogP contribution in [-0.4, -0.2) is 77.4 Å². The predicted molar refractivity (Wildman–Crippen MR) is 102 cm³/mol. The number of carbonyl (C=O) groups excluding carboxylic acids is 1. The van der Waals surface area contributed by atoms with Crippen molar-refractivity contribution in [3.8, 4) is 0 Å². The monoisotopic (exact) mass is 345 g/mol. The molecule has 0 aromatic carbocycles. The number of hydrogen-bond donors (Lipinski definition) is 4. The van der Waals surface area contributed by atoms with Gasteiger partial charge in [0, 0.05) is 12.6 Å². The van der Waals surface area contributed by atoms with E-state index in [1.807, 2.05) is 19.0 Å². The molecule has 0 spiro atoms. The number of carbonyl (C=O) groups is 1. The average molecular weight is 346 g/mol. The Hall–Kier alpha value is -0.990. The number of nitrogens with two attached hydrogens (primary N) is 2. The number of rotatable bonds is 15. The second kappa shape index (κ2) is 22.0. The van der Waals surface area contributed by atoms with Gasteiger partial charge in [-0.25, -0.2) is 4.79 Å². The van der Waals surface area contributed by atoms with Gasteiger partial charge < -0.3 is 31.7 Å². The van der Waals surface area contributed by atoms with Crippen LogP contribution in [0.4, 0.5) is 0 Å². The molecule has 0 bridgehead atoms. The van der Waals surface area contributed by atoms with E-state index < -0.39 is 0 Å². The normalized spacial score (nSPS) is 10.2. The fourth-order valence-corrected chi connectivity index (χ4v) is 1.59. The van der Waals surface area contributed by atoms with Crippen LogP contribution in [0.5, 0.6) is 0 Å². The summed E-state index contributed by atoms with van der Waals surface area (Å²) in [6.07, 6.45) is 5.79. The van der Waals surface area contributed by atoms with E-state index in [0.29, 0.717) is 6.61 Å². The summed E-state index contributed by atoms with van der Waals surface area (Å²) in [5.41, 5.74) is 10.8. The highest BCUT2D eigenvalue weighted by atomic mass is 16.5. The quantitative estimate of drug-likeness (QED) is 0.187. The molecule has 0 aromatic rings. The summed E-state index contributed by atoms with van der Waals surface area (Å²) < 4.78 is 4.70. The molecule has 0 amide bonds. The van der Waals surface area contributed by atoms with Crippen molar-refractivity contribution >= 4 is 5.97 Å². The van der Waals surface area contributed by atoms with Crippen molar-refractivity contribution in [3.05, 3.63) is 12.7 Å². The summed E-state index contributed by atoms with van der Waals surface area (Å²) in [6, 6.07) is 0. The van der Waals surface area contributed by atoms with Gasteiger partial charge in [-0.3, -0.25) is 0 Å². The topological polar surface area (TPSA) is 106 Å². The maximum absolute atomic E-state index is 10.4. The predicted octanol–water partition coefficient (Wildman–Crippen LogP) is -0.0794. The number of nitrogens with one attached hydrogen (secondary N) is 2. The molecule has 0 aliphatic heterocycles. The van der Waals surface area contributed by atoms with E-state index in [9.17, 15) is 4.79 Å². The minimum atomic E-state index is -0.359. The van der Waals surface area contributed by atoms with Crippen molar-refractivity contribution in [3.63, 3.8) is 0 Å². The van der Waals surface area contributed by atoms with Crippen LogP contribution in [0.3, 0.4) is 0 Å². The highest BCUT2D eigenvalue weighted by Crippen LogP contribution is 1.85. The summed E-state index contributed by atoms with van der Waals surface area (Å²) in [6.45, 7) is 10.3. The lowest BCUT2D eigenvalue weighted by atomic mass is 10.3. The van der Waals surface area contributed by atoms with Gasteiger partial charge in [-0.15, -0.1) is 0 Å². The maximum Gasteiger partial charge on any atom is 0.330 e. The molecule has 0 aliphatic rings. The average Bonchev–Trinajstić information content (AvgIpc) is 2.56. The molecule has 0 aliphatic carbocycles. The molecule has 144 valence electrons. The van der Waals surface area contributed by atoms with Gasteiger partial charge in [-0.1, -0.05) is 6.58 Å². The van der Waals surface area contributed by atoms with Crippen molar-refractivity contribution in [2.75, 3.05) is 66.5 Å². The van der Waals surface area contributed by atoms with Gasteiger partial charge in [-0.2, -0.15) is 0 Å². The van der Waals surface area contributed by atoms with Crippen LogP contribution in [-0.2, 0) is 9.53 Å². The van der Waals surface area contributed by atoms with Crippen molar-refractivity contribution in [1.29, 1.82) is 0 Å². The van der Waals surface area contributed by atoms with Crippen LogP contribution >= 0.6 is 0 Å². The number of hydrogen-bond acceptors (Lipinski definition) is 7. The van der Waals surface area contributed by atoms with E-state index in [1.54, 1.807) is 0 Å². The molecule has 0 rings (SSSR count). The minimum Gasteiger partial charge on any atom is -0.461 e. The Morgan fingerprint density at radius 1 is 1.00 bits per heavy atom. The first-order valence-corrected chi connectivity index (χ1v) is 8.84. The second-order valence-corrected chi connectivity index (χ2v) is 5.67. The lowest BCUT2D eigenvalue weighted by Gasteiger charge is -2.07. The van der Waals surface area contributed by atoms with Crippen LogP contribution < -0.4 is 22.1 Å². The third kappa shape index (κ3) is 25.9. The molecule has 0 aromatic heterocycles. The Bertz CT molecular complexity index is 264. The molecule has 0 saturated heterocycles. The molecule has 0 radical (unpaired) electrons. The van der Waals surface area contributed by atoms with Crippen molar-refractivity contribution in [2.45, 2.75) is 25.7 Å². The molecular formula is C17H39N5O2. The first-order valence-electron chi connectivity index (χ1n) is 8.84. The van der Waals surface area contributed by atoms with E-state index in [1.165, 1.54) is 12.8 Å². The Kier molecular flexibility index (Phi) is 23.2.